The number of amides is 2. The molecule has 0 spiro atoms. The highest BCUT2D eigenvalue weighted by molar-refractivity contribution is 5.74. The molecule has 0 aromatic heterocycles. The van der Waals surface area contributed by atoms with Gasteiger partial charge >= 0.3 is 12.0 Å². The summed E-state index contributed by atoms with van der Waals surface area (Å²) >= 11 is 0. The van der Waals surface area contributed by atoms with Crippen LogP contribution in [0, 0.1) is 5.92 Å². The molecule has 1 saturated heterocycles. The maximum Gasteiger partial charge on any atom is 0.320 e. The van der Waals surface area contributed by atoms with Crippen molar-refractivity contribution in [3.8, 4) is 0 Å². The smallest absolute Gasteiger partial charge is 0.320 e. The van der Waals surface area contributed by atoms with Gasteiger partial charge in [0, 0.05) is 46.8 Å². The van der Waals surface area contributed by atoms with Crippen LogP contribution in [-0.2, 0) is 14.3 Å². The lowest BCUT2D eigenvalue weighted by Crippen LogP contribution is -2.48. The Morgan fingerprint density at radius 1 is 1.14 bits per heavy atom. The van der Waals surface area contributed by atoms with Crippen LogP contribution in [0.4, 0.5) is 4.79 Å². The van der Waals surface area contributed by atoms with Gasteiger partial charge in [0.25, 0.3) is 0 Å². The Labute approximate surface area is 125 Å². The van der Waals surface area contributed by atoms with Crippen molar-refractivity contribution >= 4 is 12.0 Å². The first kappa shape index (κ1) is 17.7. The van der Waals surface area contributed by atoms with Gasteiger partial charge in [-0.05, 0) is 18.8 Å². The van der Waals surface area contributed by atoms with Crippen LogP contribution in [0.2, 0.25) is 0 Å². The maximum absolute atomic E-state index is 12.5. The number of rotatable bonds is 8. The number of ether oxygens (including phenoxy) is 2. The summed E-state index contributed by atoms with van der Waals surface area (Å²) in [6.07, 6.45) is 1.69. The Balaban J connectivity index is 2.46. The van der Waals surface area contributed by atoms with Crippen molar-refractivity contribution in [3.05, 3.63) is 0 Å². The Kier molecular flexibility index (Phi) is 8.07. The fraction of sp³-hybridized carbons (Fsp3) is 0.857. The highest BCUT2D eigenvalue weighted by Crippen LogP contribution is 2.21. The SMILES string of the molecule is COCCN(CCOC)C(=O)N1CCC(CC(=O)O)CC1. The largest absolute Gasteiger partial charge is 0.481 e. The molecule has 0 bridgehead atoms. The number of methoxy groups -OCH3 is 2. The van der Waals surface area contributed by atoms with Gasteiger partial charge < -0.3 is 24.4 Å². The number of carboxylic acids is 1. The second kappa shape index (κ2) is 9.57. The predicted octanol–water partition coefficient (Wildman–Crippen LogP) is 0.888. The van der Waals surface area contributed by atoms with Crippen molar-refractivity contribution in [2.45, 2.75) is 19.3 Å². The van der Waals surface area contributed by atoms with E-state index in [0.29, 0.717) is 39.4 Å². The van der Waals surface area contributed by atoms with E-state index in [1.807, 2.05) is 0 Å². The van der Waals surface area contributed by atoms with Gasteiger partial charge in [-0.15, -0.1) is 0 Å². The molecular formula is C14H26N2O5. The number of hydrogen-bond acceptors (Lipinski definition) is 4. The molecule has 1 heterocycles. The van der Waals surface area contributed by atoms with Gasteiger partial charge in [-0.1, -0.05) is 0 Å². The number of likely N-dealkylation sites (tertiary alicyclic amines) is 1. The average molecular weight is 302 g/mol. The minimum absolute atomic E-state index is 0.0159. The molecule has 1 fully saturated rings. The third-order valence-corrected chi connectivity index (χ3v) is 3.75. The van der Waals surface area contributed by atoms with Crippen LogP contribution in [0.1, 0.15) is 19.3 Å². The van der Waals surface area contributed by atoms with E-state index in [1.165, 1.54) is 0 Å². The third kappa shape index (κ3) is 6.31. The molecule has 21 heavy (non-hydrogen) atoms. The number of carboxylic acid groups (broad SMARTS) is 1. The highest BCUT2D eigenvalue weighted by atomic mass is 16.5. The fourth-order valence-electron chi connectivity index (χ4n) is 2.48. The average Bonchev–Trinajstić information content (AvgIpc) is 2.47. The molecule has 0 atom stereocenters. The summed E-state index contributed by atoms with van der Waals surface area (Å²) < 4.78 is 10.1. The van der Waals surface area contributed by atoms with Crippen LogP contribution in [0.5, 0.6) is 0 Å². The van der Waals surface area contributed by atoms with Gasteiger partial charge in [0.05, 0.1) is 13.2 Å². The van der Waals surface area contributed by atoms with E-state index in [9.17, 15) is 9.59 Å². The Hall–Kier alpha value is -1.34. The number of urea groups is 1. The summed E-state index contributed by atoms with van der Waals surface area (Å²) in [6.45, 7) is 3.29. The summed E-state index contributed by atoms with van der Waals surface area (Å²) in [4.78, 5) is 26.7. The van der Waals surface area contributed by atoms with Crippen molar-refractivity contribution in [1.82, 2.24) is 9.80 Å². The predicted molar refractivity (Wildman–Crippen MR) is 77.3 cm³/mol. The molecule has 7 heteroatoms. The third-order valence-electron chi connectivity index (χ3n) is 3.75. The van der Waals surface area contributed by atoms with Crippen LogP contribution in [-0.4, -0.2) is 80.5 Å². The molecule has 0 unspecified atom stereocenters. The van der Waals surface area contributed by atoms with Crippen molar-refractivity contribution in [2.24, 2.45) is 5.92 Å². The van der Waals surface area contributed by atoms with Gasteiger partial charge in [0.15, 0.2) is 0 Å². The highest BCUT2D eigenvalue weighted by Gasteiger charge is 2.27. The normalized spacial score (nSPS) is 16.0. The minimum atomic E-state index is -0.762. The van der Waals surface area contributed by atoms with Crippen LogP contribution in [0.15, 0.2) is 0 Å². The molecule has 0 aromatic carbocycles. The lowest BCUT2D eigenvalue weighted by molar-refractivity contribution is -0.138. The van der Waals surface area contributed by atoms with Crippen molar-refractivity contribution in [1.29, 1.82) is 0 Å². The molecule has 0 radical (unpaired) electrons. The summed E-state index contributed by atoms with van der Waals surface area (Å²) in [5.41, 5.74) is 0. The summed E-state index contributed by atoms with van der Waals surface area (Å²) in [7, 11) is 3.22. The van der Waals surface area contributed by atoms with E-state index in [4.69, 9.17) is 14.6 Å². The first-order chi connectivity index (χ1) is 10.1. The molecule has 1 N–H and O–H groups in total. The van der Waals surface area contributed by atoms with E-state index in [0.717, 1.165) is 12.8 Å². The van der Waals surface area contributed by atoms with Crippen molar-refractivity contribution < 1.29 is 24.2 Å². The van der Waals surface area contributed by atoms with E-state index in [1.54, 1.807) is 24.0 Å². The number of piperidine rings is 1. The standard InChI is InChI=1S/C14H26N2O5/c1-20-9-7-16(8-10-21-2)14(19)15-5-3-12(4-6-15)11-13(17)18/h12H,3-11H2,1-2H3,(H,17,18). The van der Waals surface area contributed by atoms with Gasteiger partial charge in [-0.2, -0.15) is 0 Å². The number of nitrogens with zero attached hydrogens (tertiary/aromatic N) is 2. The van der Waals surface area contributed by atoms with Gasteiger partial charge in [-0.3, -0.25) is 4.79 Å². The number of carbonyl (C=O) groups excluding carboxylic acids is 1. The van der Waals surface area contributed by atoms with Crippen LogP contribution in [0.3, 0.4) is 0 Å². The van der Waals surface area contributed by atoms with E-state index < -0.39 is 5.97 Å². The van der Waals surface area contributed by atoms with Crippen molar-refractivity contribution in [2.75, 3.05) is 53.6 Å². The monoisotopic (exact) mass is 302 g/mol. The Bertz CT molecular complexity index is 321. The first-order valence-electron chi connectivity index (χ1n) is 7.32. The second-order valence-corrected chi connectivity index (χ2v) is 5.28. The zero-order chi connectivity index (χ0) is 15.7. The van der Waals surface area contributed by atoms with E-state index >= 15 is 0 Å². The zero-order valence-corrected chi connectivity index (χ0v) is 12.9. The number of carbonyl (C=O) groups is 2. The van der Waals surface area contributed by atoms with Gasteiger partial charge in [0.1, 0.15) is 0 Å². The maximum atomic E-state index is 12.5. The molecule has 1 aliphatic rings. The molecule has 0 aromatic rings. The van der Waals surface area contributed by atoms with Crippen LogP contribution >= 0.6 is 0 Å². The zero-order valence-electron chi connectivity index (χ0n) is 12.9. The van der Waals surface area contributed by atoms with E-state index in [2.05, 4.69) is 0 Å². The minimum Gasteiger partial charge on any atom is -0.481 e. The molecule has 0 saturated carbocycles. The summed E-state index contributed by atoms with van der Waals surface area (Å²) in [5.74, 6) is -0.584. The Morgan fingerprint density at radius 2 is 1.67 bits per heavy atom. The van der Waals surface area contributed by atoms with Gasteiger partial charge in [0.2, 0.25) is 0 Å². The van der Waals surface area contributed by atoms with Gasteiger partial charge in [-0.25, -0.2) is 4.79 Å². The molecule has 122 valence electrons. The first-order valence-corrected chi connectivity index (χ1v) is 7.32. The van der Waals surface area contributed by atoms with Crippen molar-refractivity contribution in [3.63, 3.8) is 0 Å². The molecule has 1 rings (SSSR count). The summed E-state index contributed by atoms with van der Waals surface area (Å²) in [5, 5.41) is 8.81. The van der Waals surface area contributed by atoms with Crippen LogP contribution in [0.25, 0.3) is 0 Å². The number of hydrogen-bond donors (Lipinski definition) is 1. The second-order valence-electron chi connectivity index (χ2n) is 5.28. The molecule has 1 aliphatic heterocycles. The topological polar surface area (TPSA) is 79.3 Å². The van der Waals surface area contributed by atoms with E-state index in [-0.39, 0.29) is 18.4 Å². The molecule has 0 aliphatic carbocycles. The lowest BCUT2D eigenvalue weighted by atomic mass is 9.94. The quantitative estimate of drug-likeness (QED) is 0.720. The number of aliphatic carboxylic acids is 1. The fourth-order valence-corrected chi connectivity index (χ4v) is 2.48. The Morgan fingerprint density at radius 3 is 2.10 bits per heavy atom. The summed E-state index contributed by atoms with van der Waals surface area (Å²) in [6, 6.07) is -0.0159. The molecule has 7 nitrogen and oxygen atoms in total. The van der Waals surface area contributed by atoms with Crippen LogP contribution < -0.4 is 0 Å². The molecule has 2 amide bonds. The molecular weight excluding hydrogens is 276 g/mol. The lowest BCUT2D eigenvalue weighted by Gasteiger charge is -2.35.